The van der Waals surface area contributed by atoms with Gasteiger partial charge in [0.05, 0.1) is 5.92 Å². The standard InChI is InChI=1S/C11H15NO4/c1-7(11(14)15)6-9(13)12(3)10-5-4-8(2)16-10/h4-5,7H,6H2,1-3H3,(H,14,15). The van der Waals surface area contributed by atoms with Gasteiger partial charge in [-0.1, -0.05) is 6.92 Å². The van der Waals surface area contributed by atoms with Crippen molar-refractivity contribution >= 4 is 17.8 Å². The van der Waals surface area contributed by atoms with Crippen LogP contribution in [0.25, 0.3) is 0 Å². The Kier molecular flexibility index (Phi) is 3.71. The Hall–Kier alpha value is -1.78. The number of carbonyl (C=O) groups excluding carboxylic acids is 1. The smallest absolute Gasteiger partial charge is 0.306 e. The van der Waals surface area contributed by atoms with Gasteiger partial charge >= 0.3 is 5.97 Å². The third-order valence-electron chi connectivity index (χ3n) is 2.33. The average molecular weight is 225 g/mol. The summed E-state index contributed by atoms with van der Waals surface area (Å²) < 4.78 is 5.27. The second kappa shape index (κ2) is 4.83. The fraction of sp³-hybridized carbons (Fsp3) is 0.455. The summed E-state index contributed by atoms with van der Waals surface area (Å²) in [7, 11) is 1.56. The van der Waals surface area contributed by atoms with E-state index in [9.17, 15) is 9.59 Å². The zero-order chi connectivity index (χ0) is 12.3. The number of anilines is 1. The van der Waals surface area contributed by atoms with Crippen LogP contribution in [-0.4, -0.2) is 24.0 Å². The number of hydrogen-bond donors (Lipinski definition) is 1. The SMILES string of the molecule is Cc1ccc(N(C)C(=O)CC(C)C(=O)O)o1. The first-order valence-electron chi connectivity index (χ1n) is 4.97. The summed E-state index contributed by atoms with van der Waals surface area (Å²) in [4.78, 5) is 23.6. The van der Waals surface area contributed by atoms with Crippen molar-refractivity contribution in [2.24, 2.45) is 5.92 Å². The zero-order valence-electron chi connectivity index (χ0n) is 9.56. The fourth-order valence-electron chi connectivity index (χ4n) is 1.21. The number of aryl methyl sites for hydroxylation is 1. The number of carboxylic acid groups (broad SMARTS) is 1. The van der Waals surface area contributed by atoms with Crippen LogP contribution in [0.15, 0.2) is 16.5 Å². The van der Waals surface area contributed by atoms with Gasteiger partial charge in [-0.3, -0.25) is 14.5 Å². The number of hydrogen-bond acceptors (Lipinski definition) is 3. The van der Waals surface area contributed by atoms with E-state index >= 15 is 0 Å². The first kappa shape index (κ1) is 12.3. The summed E-state index contributed by atoms with van der Waals surface area (Å²) in [5.41, 5.74) is 0. The van der Waals surface area contributed by atoms with Crippen LogP contribution in [-0.2, 0) is 9.59 Å². The van der Waals surface area contributed by atoms with E-state index in [-0.39, 0.29) is 12.3 Å². The van der Waals surface area contributed by atoms with Gasteiger partial charge in [-0.15, -0.1) is 0 Å². The molecule has 0 saturated heterocycles. The Morgan fingerprint density at radius 1 is 1.50 bits per heavy atom. The molecule has 0 bridgehead atoms. The maximum atomic E-state index is 11.7. The lowest BCUT2D eigenvalue weighted by atomic mass is 10.1. The highest BCUT2D eigenvalue weighted by molar-refractivity contribution is 5.93. The number of amides is 1. The topological polar surface area (TPSA) is 70.8 Å². The molecule has 88 valence electrons. The van der Waals surface area contributed by atoms with Gasteiger partial charge < -0.3 is 9.52 Å². The van der Waals surface area contributed by atoms with Crippen LogP contribution in [0.1, 0.15) is 19.1 Å². The number of carbonyl (C=O) groups is 2. The normalized spacial score (nSPS) is 12.2. The lowest BCUT2D eigenvalue weighted by molar-refractivity contribution is -0.143. The van der Waals surface area contributed by atoms with Crippen LogP contribution in [0, 0.1) is 12.8 Å². The maximum absolute atomic E-state index is 11.7. The summed E-state index contributed by atoms with van der Waals surface area (Å²) in [6.45, 7) is 3.28. The molecule has 5 nitrogen and oxygen atoms in total. The van der Waals surface area contributed by atoms with Gasteiger partial charge in [0.15, 0.2) is 0 Å². The predicted molar refractivity (Wildman–Crippen MR) is 58.3 cm³/mol. The van der Waals surface area contributed by atoms with Gasteiger partial charge in [0, 0.05) is 19.5 Å². The van der Waals surface area contributed by atoms with Crippen LogP contribution in [0.5, 0.6) is 0 Å². The summed E-state index contributed by atoms with van der Waals surface area (Å²) in [5.74, 6) is -0.798. The molecule has 1 N–H and O–H groups in total. The summed E-state index contributed by atoms with van der Waals surface area (Å²) in [6, 6.07) is 3.43. The van der Waals surface area contributed by atoms with Crippen LogP contribution in [0.2, 0.25) is 0 Å². The molecule has 0 aliphatic rings. The molecule has 0 fully saturated rings. The lowest BCUT2D eigenvalue weighted by Gasteiger charge is -2.15. The molecule has 1 aromatic heterocycles. The van der Waals surface area contributed by atoms with E-state index in [0.717, 1.165) is 0 Å². The largest absolute Gasteiger partial charge is 0.481 e. The van der Waals surface area contributed by atoms with Crippen LogP contribution < -0.4 is 4.90 Å². The third kappa shape index (κ3) is 2.85. The molecule has 0 aliphatic heterocycles. The molecule has 1 heterocycles. The third-order valence-corrected chi connectivity index (χ3v) is 2.33. The highest BCUT2D eigenvalue weighted by Crippen LogP contribution is 2.18. The fourth-order valence-corrected chi connectivity index (χ4v) is 1.21. The molecule has 1 amide bonds. The Morgan fingerprint density at radius 2 is 2.12 bits per heavy atom. The van der Waals surface area contributed by atoms with Crippen LogP contribution >= 0.6 is 0 Å². The highest BCUT2D eigenvalue weighted by Gasteiger charge is 2.20. The molecule has 16 heavy (non-hydrogen) atoms. The number of nitrogens with zero attached hydrogens (tertiary/aromatic N) is 1. The summed E-state index contributed by atoms with van der Waals surface area (Å²) in [5, 5.41) is 8.69. The minimum atomic E-state index is -0.975. The minimum Gasteiger partial charge on any atom is -0.481 e. The van der Waals surface area contributed by atoms with E-state index in [4.69, 9.17) is 9.52 Å². The first-order chi connectivity index (χ1) is 7.41. The molecule has 1 unspecified atom stereocenters. The van der Waals surface area contributed by atoms with E-state index in [1.165, 1.54) is 11.8 Å². The van der Waals surface area contributed by atoms with Crippen molar-refractivity contribution < 1.29 is 19.1 Å². The van der Waals surface area contributed by atoms with Gasteiger partial charge in [0.25, 0.3) is 0 Å². The van der Waals surface area contributed by atoms with E-state index in [2.05, 4.69) is 0 Å². The highest BCUT2D eigenvalue weighted by atomic mass is 16.4. The summed E-state index contributed by atoms with van der Waals surface area (Å²) in [6.07, 6.45) is -0.0361. The van der Waals surface area contributed by atoms with Crippen molar-refractivity contribution in [3.05, 3.63) is 17.9 Å². The quantitative estimate of drug-likeness (QED) is 0.845. The van der Waals surface area contributed by atoms with E-state index < -0.39 is 11.9 Å². The van der Waals surface area contributed by atoms with Crippen LogP contribution in [0.3, 0.4) is 0 Å². The van der Waals surface area contributed by atoms with Gasteiger partial charge in [0.2, 0.25) is 11.8 Å². The Balaban J connectivity index is 2.64. The molecule has 0 radical (unpaired) electrons. The Bertz CT molecular complexity index is 396. The molecule has 0 saturated carbocycles. The van der Waals surface area contributed by atoms with Gasteiger partial charge in [0.1, 0.15) is 5.76 Å². The predicted octanol–water partition coefficient (Wildman–Crippen LogP) is 1.66. The van der Waals surface area contributed by atoms with E-state index in [0.29, 0.717) is 11.6 Å². The molecule has 0 aromatic carbocycles. The molecule has 1 atom stereocenters. The van der Waals surface area contributed by atoms with Crippen molar-refractivity contribution in [1.29, 1.82) is 0 Å². The molecule has 1 rings (SSSR count). The second-order valence-corrected chi connectivity index (χ2v) is 3.78. The number of rotatable bonds is 4. The van der Waals surface area contributed by atoms with E-state index in [1.807, 2.05) is 0 Å². The number of furan rings is 1. The van der Waals surface area contributed by atoms with Crippen molar-refractivity contribution in [3.63, 3.8) is 0 Å². The van der Waals surface area contributed by atoms with Crippen molar-refractivity contribution in [3.8, 4) is 0 Å². The number of carboxylic acids is 1. The van der Waals surface area contributed by atoms with Gasteiger partial charge in [-0.25, -0.2) is 0 Å². The monoisotopic (exact) mass is 225 g/mol. The zero-order valence-corrected chi connectivity index (χ0v) is 9.56. The molecule has 0 aliphatic carbocycles. The molecular weight excluding hydrogens is 210 g/mol. The van der Waals surface area contributed by atoms with Gasteiger partial charge in [-0.2, -0.15) is 0 Å². The Labute approximate surface area is 93.7 Å². The number of aliphatic carboxylic acids is 1. The average Bonchev–Trinajstić information content (AvgIpc) is 2.63. The lowest BCUT2D eigenvalue weighted by Crippen LogP contribution is -2.29. The Morgan fingerprint density at radius 3 is 2.56 bits per heavy atom. The second-order valence-electron chi connectivity index (χ2n) is 3.78. The molecule has 0 spiro atoms. The molecule has 5 heteroatoms. The minimum absolute atomic E-state index is 0.0361. The molecular formula is C11H15NO4. The van der Waals surface area contributed by atoms with Crippen molar-refractivity contribution in [2.45, 2.75) is 20.3 Å². The van der Waals surface area contributed by atoms with Gasteiger partial charge in [-0.05, 0) is 13.0 Å². The van der Waals surface area contributed by atoms with Crippen molar-refractivity contribution in [1.82, 2.24) is 0 Å². The van der Waals surface area contributed by atoms with Crippen molar-refractivity contribution in [2.75, 3.05) is 11.9 Å². The first-order valence-corrected chi connectivity index (χ1v) is 4.97. The molecule has 1 aromatic rings. The van der Waals surface area contributed by atoms with Crippen LogP contribution in [0.4, 0.5) is 5.88 Å². The maximum Gasteiger partial charge on any atom is 0.306 e. The summed E-state index contributed by atoms with van der Waals surface area (Å²) >= 11 is 0. The van der Waals surface area contributed by atoms with E-state index in [1.54, 1.807) is 26.1 Å².